The second kappa shape index (κ2) is 8.56. The van der Waals surface area contributed by atoms with E-state index < -0.39 is 0 Å². The molecule has 3 aromatic rings. The molecule has 0 saturated carbocycles. The van der Waals surface area contributed by atoms with Crippen molar-refractivity contribution in [1.29, 1.82) is 5.26 Å². The fourth-order valence-corrected chi connectivity index (χ4v) is 2.55. The van der Waals surface area contributed by atoms with E-state index in [0.29, 0.717) is 28.4 Å². The first-order valence-corrected chi connectivity index (χ1v) is 8.39. The molecule has 0 unspecified atom stereocenters. The van der Waals surface area contributed by atoms with E-state index in [1.54, 1.807) is 55.6 Å². The molecule has 7 heteroatoms. The number of hydrogen-bond acceptors (Lipinski definition) is 6. The summed E-state index contributed by atoms with van der Waals surface area (Å²) in [6.45, 7) is 0. The Balaban J connectivity index is 1.78. The Bertz CT molecular complexity index is 1040. The average molecular weight is 374 g/mol. The quantitative estimate of drug-likeness (QED) is 0.678. The lowest BCUT2D eigenvalue weighted by atomic mass is 10.2. The molecule has 0 aliphatic carbocycles. The molecule has 0 fully saturated rings. The van der Waals surface area contributed by atoms with Crippen LogP contribution in [-0.2, 0) is 0 Å². The molecular weight excluding hydrogens is 356 g/mol. The molecule has 3 rings (SSSR count). The number of hydrogen-bond donors (Lipinski definition) is 2. The molecular formula is C21H18N4O3. The maximum atomic E-state index is 12.6. The molecule has 1 aromatic heterocycles. The number of rotatable bonds is 6. The van der Waals surface area contributed by atoms with Crippen LogP contribution >= 0.6 is 0 Å². The summed E-state index contributed by atoms with van der Waals surface area (Å²) >= 11 is 0. The number of carbonyl (C=O) groups excluding carboxylic acids is 1. The maximum Gasteiger partial charge on any atom is 0.274 e. The van der Waals surface area contributed by atoms with Gasteiger partial charge in [-0.1, -0.05) is 6.07 Å². The topological polar surface area (TPSA) is 96.3 Å². The Kier molecular flexibility index (Phi) is 5.72. The Morgan fingerprint density at radius 1 is 1.04 bits per heavy atom. The molecule has 0 radical (unpaired) electrons. The normalized spacial score (nSPS) is 9.89. The fraction of sp³-hybridized carbons (Fsp3) is 0.0952. The van der Waals surface area contributed by atoms with Crippen LogP contribution in [0.25, 0.3) is 0 Å². The van der Waals surface area contributed by atoms with Gasteiger partial charge in [-0.15, -0.1) is 0 Å². The number of nitriles is 1. The van der Waals surface area contributed by atoms with Crippen LogP contribution in [0.5, 0.6) is 11.5 Å². The van der Waals surface area contributed by atoms with Gasteiger partial charge in [0.25, 0.3) is 5.91 Å². The number of aromatic nitrogens is 1. The first-order valence-electron chi connectivity index (χ1n) is 8.39. The summed E-state index contributed by atoms with van der Waals surface area (Å²) in [5.74, 6) is 0.729. The van der Waals surface area contributed by atoms with Crippen LogP contribution < -0.4 is 20.1 Å². The molecule has 1 amide bonds. The van der Waals surface area contributed by atoms with Gasteiger partial charge < -0.3 is 20.1 Å². The fourth-order valence-electron chi connectivity index (χ4n) is 2.55. The Hall–Kier alpha value is -4.05. The molecule has 0 aliphatic heterocycles. The number of pyridine rings is 1. The second-order valence-corrected chi connectivity index (χ2v) is 5.77. The summed E-state index contributed by atoms with van der Waals surface area (Å²) in [5, 5.41) is 15.0. The largest absolute Gasteiger partial charge is 0.497 e. The molecule has 0 spiro atoms. The van der Waals surface area contributed by atoms with Crippen LogP contribution in [0.1, 0.15) is 16.1 Å². The smallest absolute Gasteiger partial charge is 0.274 e. The third kappa shape index (κ3) is 4.37. The zero-order valence-electron chi connectivity index (χ0n) is 15.4. The number of nitrogens with one attached hydrogen (secondary N) is 2. The standard InChI is InChI=1S/C21H18N4O3/c1-27-17-6-7-18(20(12-17)28-2)25-21(26)19-11-16(8-9-23-19)24-15-5-3-4-14(10-15)13-22/h3-12H,1-2H3,(H,23,24)(H,25,26). The van der Waals surface area contributed by atoms with Crippen molar-refractivity contribution in [2.75, 3.05) is 24.9 Å². The van der Waals surface area contributed by atoms with Crippen molar-refractivity contribution in [3.63, 3.8) is 0 Å². The number of ether oxygens (including phenoxy) is 2. The molecule has 0 atom stereocenters. The summed E-state index contributed by atoms with van der Waals surface area (Å²) in [6, 6.07) is 17.6. The van der Waals surface area contributed by atoms with Gasteiger partial charge in [0.1, 0.15) is 17.2 Å². The van der Waals surface area contributed by atoms with E-state index >= 15 is 0 Å². The maximum absolute atomic E-state index is 12.6. The van der Waals surface area contributed by atoms with Gasteiger partial charge in [-0.05, 0) is 42.5 Å². The molecule has 28 heavy (non-hydrogen) atoms. The summed E-state index contributed by atoms with van der Waals surface area (Å²) in [5.41, 5.74) is 2.71. The van der Waals surface area contributed by atoms with Crippen molar-refractivity contribution >= 4 is 23.0 Å². The van der Waals surface area contributed by atoms with Gasteiger partial charge in [-0.25, -0.2) is 0 Å². The van der Waals surface area contributed by atoms with Gasteiger partial charge in [0.15, 0.2) is 0 Å². The highest BCUT2D eigenvalue weighted by Gasteiger charge is 2.12. The molecule has 0 bridgehead atoms. The number of nitrogens with zero attached hydrogens (tertiary/aromatic N) is 2. The van der Waals surface area contributed by atoms with Crippen molar-refractivity contribution in [2.45, 2.75) is 0 Å². The van der Waals surface area contributed by atoms with E-state index in [1.807, 2.05) is 6.07 Å². The lowest BCUT2D eigenvalue weighted by molar-refractivity contribution is 0.102. The number of methoxy groups -OCH3 is 2. The number of carbonyl (C=O) groups is 1. The van der Waals surface area contributed by atoms with Crippen LogP contribution in [0, 0.1) is 11.3 Å². The molecule has 1 heterocycles. The third-order valence-electron chi connectivity index (χ3n) is 3.93. The van der Waals surface area contributed by atoms with Gasteiger partial charge in [0, 0.05) is 23.6 Å². The predicted molar refractivity (Wildman–Crippen MR) is 106 cm³/mol. The molecule has 2 N–H and O–H groups in total. The lowest BCUT2D eigenvalue weighted by Gasteiger charge is -2.12. The minimum atomic E-state index is -0.377. The minimum Gasteiger partial charge on any atom is -0.497 e. The zero-order valence-corrected chi connectivity index (χ0v) is 15.4. The lowest BCUT2D eigenvalue weighted by Crippen LogP contribution is -2.14. The number of benzene rings is 2. The summed E-state index contributed by atoms with van der Waals surface area (Å²) in [6.07, 6.45) is 1.54. The van der Waals surface area contributed by atoms with Crippen molar-refractivity contribution < 1.29 is 14.3 Å². The Morgan fingerprint density at radius 3 is 2.61 bits per heavy atom. The van der Waals surface area contributed by atoms with Gasteiger partial charge in [0.05, 0.1) is 31.5 Å². The highest BCUT2D eigenvalue weighted by molar-refractivity contribution is 6.04. The monoisotopic (exact) mass is 374 g/mol. The third-order valence-corrected chi connectivity index (χ3v) is 3.93. The van der Waals surface area contributed by atoms with E-state index in [0.717, 1.165) is 5.69 Å². The van der Waals surface area contributed by atoms with E-state index in [2.05, 4.69) is 21.7 Å². The van der Waals surface area contributed by atoms with Gasteiger partial charge in [-0.2, -0.15) is 5.26 Å². The Labute approximate surface area is 162 Å². The molecule has 2 aromatic carbocycles. The van der Waals surface area contributed by atoms with Crippen LogP contribution in [-0.4, -0.2) is 25.1 Å². The number of amides is 1. The minimum absolute atomic E-state index is 0.235. The molecule has 0 saturated heterocycles. The van der Waals surface area contributed by atoms with Gasteiger partial charge >= 0.3 is 0 Å². The number of anilines is 3. The van der Waals surface area contributed by atoms with E-state index in [1.165, 1.54) is 13.3 Å². The van der Waals surface area contributed by atoms with Gasteiger partial charge in [0.2, 0.25) is 0 Å². The van der Waals surface area contributed by atoms with Crippen LogP contribution in [0.2, 0.25) is 0 Å². The first-order chi connectivity index (χ1) is 13.6. The highest BCUT2D eigenvalue weighted by atomic mass is 16.5. The van der Waals surface area contributed by atoms with Crippen molar-refractivity contribution in [3.8, 4) is 17.6 Å². The molecule has 0 aliphatic rings. The predicted octanol–water partition coefficient (Wildman–Crippen LogP) is 3.97. The SMILES string of the molecule is COc1ccc(NC(=O)c2cc(Nc3cccc(C#N)c3)ccn2)c(OC)c1. The first kappa shape index (κ1) is 18.7. The van der Waals surface area contributed by atoms with Crippen molar-refractivity contribution in [3.05, 3.63) is 72.1 Å². The van der Waals surface area contributed by atoms with Crippen LogP contribution in [0.4, 0.5) is 17.1 Å². The van der Waals surface area contributed by atoms with Crippen molar-refractivity contribution in [2.24, 2.45) is 0 Å². The van der Waals surface area contributed by atoms with Crippen LogP contribution in [0.15, 0.2) is 60.8 Å². The van der Waals surface area contributed by atoms with E-state index in [9.17, 15) is 4.79 Å². The van der Waals surface area contributed by atoms with E-state index in [-0.39, 0.29) is 11.6 Å². The van der Waals surface area contributed by atoms with Crippen LogP contribution in [0.3, 0.4) is 0 Å². The molecule has 140 valence electrons. The summed E-state index contributed by atoms with van der Waals surface area (Å²) < 4.78 is 10.5. The summed E-state index contributed by atoms with van der Waals surface area (Å²) in [4.78, 5) is 16.7. The Morgan fingerprint density at radius 2 is 1.86 bits per heavy atom. The summed E-state index contributed by atoms with van der Waals surface area (Å²) in [7, 11) is 3.07. The average Bonchev–Trinajstić information content (AvgIpc) is 2.74. The van der Waals surface area contributed by atoms with Gasteiger partial charge in [-0.3, -0.25) is 9.78 Å². The zero-order chi connectivity index (χ0) is 19.9. The highest BCUT2D eigenvalue weighted by Crippen LogP contribution is 2.29. The second-order valence-electron chi connectivity index (χ2n) is 5.77. The van der Waals surface area contributed by atoms with E-state index in [4.69, 9.17) is 14.7 Å². The van der Waals surface area contributed by atoms with Crippen molar-refractivity contribution in [1.82, 2.24) is 4.98 Å². The molecule has 7 nitrogen and oxygen atoms in total.